The van der Waals surface area contributed by atoms with Gasteiger partial charge in [0.2, 0.25) is 0 Å². The maximum Gasteiger partial charge on any atom is 0.265 e. The lowest BCUT2D eigenvalue weighted by Gasteiger charge is -2.16. The molecule has 1 unspecified atom stereocenters. The predicted octanol–water partition coefficient (Wildman–Crippen LogP) is 5.93. The number of H-pyrrole nitrogens is 1. The SMILES string of the molecule is CCC(NC(=O)c1ccc(Cl)c(NC(=O)c2cccs2)c1)c1ncc(-c2ccccc2)[nH]1. The quantitative estimate of drug-likeness (QED) is 0.317. The van der Waals surface area contributed by atoms with E-state index in [9.17, 15) is 9.59 Å². The summed E-state index contributed by atoms with van der Waals surface area (Å²) in [5.74, 6) is 0.132. The average molecular weight is 465 g/mol. The average Bonchev–Trinajstić information content (AvgIpc) is 3.52. The first-order chi connectivity index (χ1) is 15.5. The standard InChI is InChI=1S/C24H21ClN4O2S/c1-2-18(22-26-14-20(27-22)15-7-4-3-5-8-15)28-23(30)16-10-11-17(25)19(13-16)29-24(31)21-9-6-12-32-21/h3-14,18H,2H2,1H3,(H,26,27)(H,28,30)(H,29,31). The zero-order valence-corrected chi connectivity index (χ0v) is 18.8. The molecule has 0 aliphatic carbocycles. The maximum absolute atomic E-state index is 12.9. The fourth-order valence-electron chi connectivity index (χ4n) is 3.24. The summed E-state index contributed by atoms with van der Waals surface area (Å²) in [6.07, 6.45) is 2.42. The van der Waals surface area contributed by atoms with Crippen molar-refractivity contribution in [3.05, 3.63) is 93.5 Å². The van der Waals surface area contributed by atoms with Gasteiger partial charge in [-0.25, -0.2) is 4.98 Å². The van der Waals surface area contributed by atoms with Crippen LogP contribution in [0.3, 0.4) is 0 Å². The highest BCUT2D eigenvalue weighted by Gasteiger charge is 2.19. The Morgan fingerprint density at radius 2 is 1.91 bits per heavy atom. The summed E-state index contributed by atoms with van der Waals surface area (Å²) in [6, 6.07) is 17.9. The van der Waals surface area contributed by atoms with E-state index in [1.807, 2.05) is 42.6 Å². The number of thiophene rings is 1. The van der Waals surface area contributed by atoms with Crippen LogP contribution in [0.1, 0.15) is 45.2 Å². The lowest BCUT2D eigenvalue weighted by atomic mass is 10.1. The summed E-state index contributed by atoms with van der Waals surface area (Å²) in [6.45, 7) is 1.98. The van der Waals surface area contributed by atoms with Crippen LogP contribution in [0.15, 0.2) is 72.2 Å². The summed E-state index contributed by atoms with van der Waals surface area (Å²) in [5, 5.41) is 7.96. The Balaban J connectivity index is 1.49. The molecule has 8 heteroatoms. The maximum atomic E-state index is 12.9. The molecule has 4 aromatic rings. The van der Waals surface area contributed by atoms with Crippen LogP contribution in [0.2, 0.25) is 5.02 Å². The third kappa shape index (κ3) is 4.90. The number of benzene rings is 2. The van der Waals surface area contributed by atoms with Crippen LogP contribution < -0.4 is 10.6 Å². The number of carbonyl (C=O) groups excluding carboxylic acids is 2. The molecule has 2 aromatic heterocycles. The van der Waals surface area contributed by atoms with Gasteiger partial charge in [0.05, 0.1) is 33.5 Å². The monoisotopic (exact) mass is 464 g/mol. The molecule has 2 heterocycles. The normalized spacial score (nSPS) is 11.7. The molecule has 0 saturated heterocycles. The second kappa shape index (κ2) is 9.80. The molecular formula is C24H21ClN4O2S. The molecule has 6 nitrogen and oxygen atoms in total. The zero-order valence-electron chi connectivity index (χ0n) is 17.3. The Labute approximate surface area is 194 Å². The van der Waals surface area contributed by atoms with Crippen molar-refractivity contribution in [2.24, 2.45) is 0 Å². The van der Waals surface area contributed by atoms with Gasteiger partial charge in [0.25, 0.3) is 11.8 Å². The van der Waals surface area contributed by atoms with Crippen molar-refractivity contribution >= 4 is 40.4 Å². The Bertz CT molecular complexity index is 1220. The molecule has 2 amide bonds. The van der Waals surface area contributed by atoms with Gasteiger partial charge in [0.15, 0.2) is 0 Å². The number of amides is 2. The molecule has 0 aliphatic heterocycles. The van der Waals surface area contributed by atoms with Crippen molar-refractivity contribution in [1.82, 2.24) is 15.3 Å². The van der Waals surface area contributed by atoms with Crippen molar-refractivity contribution in [3.63, 3.8) is 0 Å². The lowest BCUT2D eigenvalue weighted by Crippen LogP contribution is -2.29. The van der Waals surface area contributed by atoms with E-state index in [0.29, 0.717) is 33.4 Å². The lowest BCUT2D eigenvalue weighted by molar-refractivity contribution is 0.0932. The van der Waals surface area contributed by atoms with E-state index in [2.05, 4.69) is 20.6 Å². The van der Waals surface area contributed by atoms with E-state index in [-0.39, 0.29) is 17.9 Å². The van der Waals surface area contributed by atoms with Gasteiger partial charge in [-0.1, -0.05) is 54.9 Å². The second-order valence-electron chi connectivity index (χ2n) is 7.11. The van der Waals surface area contributed by atoms with Crippen molar-refractivity contribution in [2.45, 2.75) is 19.4 Å². The number of nitrogens with zero attached hydrogens (tertiary/aromatic N) is 1. The van der Waals surface area contributed by atoms with E-state index in [0.717, 1.165) is 11.3 Å². The highest BCUT2D eigenvalue weighted by molar-refractivity contribution is 7.12. The minimum absolute atomic E-state index is 0.269. The van der Waals surface area contributed by atoms with E-state index in [1.165, 1.54) is 11.3 Å². The van der Waals surface area contributed by atoms with Gasteiger partial charge in [0.1, 0.15) is 5.82 Å². The van der Waals surface area contributed by atoms with Crippen LogP contribution in [0.25, 0.3) is 11.3 Å². The minimum Gasteiger partial charge on any atom is -0.342 e. The highest BCUT2D eigenvalue weighted by Crippen LogP contribution is 2.25. The fraction of sp³-hybridized carbons (Fsp3) is 0.125. The molecule has 162 valence electrons. The van der Waals surface area contributed by atoms with Crippen molar-refractivity contribution in [1.29, 1.82) is 0 Å². The van der Waals surface area contributed by atoms with Crippen LogP contribution in [0.4, 0.5) is 5.69 Å². The predicted molar refractivity (Wildman–Crippen MR) is 128 cm³/mol. The van der Waals surface area contributed by atoms with E-state index in [4.69, 9.17) is 11.6 Å². The largest absolute Gasteiger partial charge is 0.342 e. The number of imidazole rings is 1. The van der Waals surface area contributed by atoms with Gasteiger partial charge in [-0.05, 0) is 41.6 Å². The first-order valence-electron chi connectivity index (χ1n) is 10.1. The number of hydrogen-bond acceptors (Lipinski definition) is 4. The van der Waals surface area contributed by atoms with E-state index < -0.39 is 0 Å². The van der Waals surface area contributed by atoms with Crippen LogP contribution in [-0.4, -0.2) is 21.8 Å². The van der Waals surface area contributed by atoms with Crippen molar-refractivity contribution < 1.29 is 9.59 Å². The summed E-state index contributed by atoms with van der Waals surface area (Å²) < 4.78 is 0. The topological polar surface area (TPSA) is 86.9 Å². The molecule has 1 atom stereocenters. The van der Waals surface area contributed by atoms with Crippen molar-refractivity contribution in [2.75, 3.05) is 5.32 Å². The molecule has 0 aliphatic rings. The molecule has 0 saturated carbocycles. The molecule has 4 rings (SSSR count). The molecule has 32 heavy (non-hydrogen) atoms. The molecule has 2 aromatic carbocycles. The van der Waals surface area contributed by atoms with Gasteiger partial charge in [-0.3, -0.25) is 9.59 Å². The Kier molecular flexibility index (Phi) is 6.68. The number of aromatic amines is 1. The minimum atomic E-state index is -0.292. The van der Waals surface area contributed by atoms with Crippen LogP contribution >= 0.6 is 22.9 Å². The molecular weight excluding hydrogens is 444 g/mol. The smallest absolute Gasteiger partial charge is 0.265 e. The van der Waals surface area contributed by atoms with Gasteiger partial charge < -0.3 is 15.6 Å². The van der Waals surface area contributed by atoms with E-state index in [1.54, 1.807) is 36.5 Å². The summed E-state index contributed by atoms with van der Waals surface area (Å²) >= 11 is 7.57. The summed E-state index contributed by atoms with van der Waals surface area (Å²) in [4.78, 5) is 33.6. The number of rotatable bonds is 7. The molecule has 0 spiro atoms. The third-order valence-electron chi connectivity index (χ3n) is 4.95. The van der Waals surface area contributed by atoms with Crippen molar-refractivity contribution in [3.8, 4) is 11.3 Å². The Hall–Kier alpha value is -3.42. The van der Waals surface area contributed by atoms with Crippen LogP contribution in [-0.2, 0) is 0 Å². The van der Waals surface area contributed by atoms with Crippen LogP contribution in [0.5, 0.6) is 0 Å². The number of nitrogens with one attached hydrogen (secondary N) is 3. The van der Waals surface area contributed by atoms with E-state index >= 15 is 0 Å². The zero-order chi connectivity index (χ0) is 22.5. The Morgan fingerprint density at radius 1 is 1.09 bits per heavy atom. The number of hydrogen-bond donors (Lipinski definition) is 3. The van der Waals surface area contributed by atoms with Crippen LogP contribution in [0, 0.1) is 0 Å². The second-order valence-corrected chi connectivity index (χ2v) is 8.46. The summed E-state index contributed by atoms with van der Waals surface area (Å²) in [5.41, 5.74) is 2.69. The summed E-state index contributed by atoms with van der Waals surface area (Å²) in [7, 11) is 0. The highest BCUT2D eigenvalue weighted by atomic mass is 35.5. The molecule has 0 fully saturated rings. The number of carbonyl (C=O) groups is 2. The van der Waals surface area contributed by atoms with Gasteiger partial charge in [0, 0.05) is 5.56 Å². The van der Waals surface area contributed by atoms with Gasteiger partial charge >= 0.3 is 0 Å². The number of anilines is 1. The number of aromatic nitrogens is 2. The fourth-order valence-corrected chi connectivity index (χ4v) is 4.02. The third-order valence-corrected chi connectivity index (χ3v) is 6.14. The molecule has 3 N–H and O–H groups in total. The Morgan fingerprint density at radius 3 is 2.62 bits per heavy atom. The number of halogens is 1. The van der Waals surface area contributed by atoms with Gasteiger partial charge in [-0.2, -0.15) is 0 Å². The first-order valence-corrected chi connectivity index (χ1v) is 11.4. The molecule has 0 bridgehead atoms. The van der Waals surface area contributed by atoms with Gasteiger partial charge in [-0.15, -0.1) is 11.3 Å². The first kappa shape index (κ1) is 21.8. The molecule has 0 radical (unpaired) electrons.